The summed E-state index contributed by atoms with van der Waals surface area (Å²) in [4.78, 5) is 17.0. The molecule has 2 heterocycles. The Kier molecular flexibility index (Phi) is 5.21. The third-order valence-corrected chi connectivity index (χ3v) is 4.37. The van der Waals surface area contributed by atoms with Gasteiger partial charge in [0, 0.05) is 31.9 Å². The second kappa shape index (κ2) is 7.73. The Morgan fingerprint density at radius 3 is 2.88 bits per heavy atom. The minimum absolute atomic E-state index is 0.0503. The van der Waals surface area contributed by atoms with E-state index in [0.29, 0.717) is 13.1 Å². The third-order valence-electron chi connectivity index (χ3n) is 4.37. The van der Waals surface area contributed by atoms with Crippen LogP contribution >= 0.6 is 0 Å². The smallest absolute Gasteiger partial charge is 0.329 e. The van der Waals surface area contributed by atoms with Crippen LogP contribution in [0.4, 0.5) is 11.5 Å². The zero-order valence-corrected chi connectivity index (χ0v) is 13.8. The lowest BCUT2D eigenvalue weighted by atomic mass is 10.0. The number of hydrogen-bond donors (Lipinski definition) is 1. The normalized spacial score (nSPS) is 17.1. The molecule has 0 bridgehead atoms. The summed E-state index contributed by atoms with van der Waals surface area (Å²) < 4.78 is 0. The van der Waals surface area contributed by atoms with E-state index in [1.807, 2.05) is 29.2 Å². The molecule has 0 amide bonds. The number of rotatable bonds is 5. The maximum Gasteiger partial charge on any atom is 0.329 e. The van der Waals surface area contributed by atoms with Gasteiger partial charge in [-0.15, -0.1) is 0 Å². The van der Waals surface area contributed by atoms with Crippen LogP contribution in [0.25, 0.3) is 0 Å². The molecule has 1 aromatic carbocycles. The van der Waals surface area contributed by atoms with Crippen molar-refractivity contribution in [3.63, 3.8) is 0 Å². The summed E-state index contributed by atoms with van der Waals surface area (Å²) in [6, 6.07) is 13.6. The number of hydrogen-bond acceptors (Lipinski definition) is 6. The van der Waals surface area contributed by atoms with Gasteiger partial charge in [0.05, 0.1) is 4.92 Å². The monoisotopic (exact) mass is 337 g/mol. The van der Waals surface area contributed by atoms with Crippen molar-refractivity contribution >= 4 is 11.5 Å². The quantitative estimate of drug-likeness (QED) is 0.665. The van der Waals surface area contributed by atoms with Crippen molar-refractivity contribution in [1.82, 2.24) is 10.3 Å². The molecule has 1 atom stereocenters. The predicted octanol–water partition coefficient (Wildman–Crippen LogP) is 2.62. The van der Waals surface area contributed by atoms with Gasteiger partial charge < -0.3 is 10.2 Å². The molecule has 1 aliphatic rings. The summed E-state index contributed by atoms with van der Waals surface area (Å²) in [5.41, 5.74) is 1.05. The number of nitrogens with one attached hydrogen (secondary N) is 1. The molecule has 0 aliphatic carbocycles. The molecule has 7 heteroatoms. The summed E-state index contributed by atoms with van der Waals surface area (Å²) in [6.07, 6.45) is 3.39. The molecule has 0 spiro atoms. The number of aromatic nitrogens is 1. The Morgan fingerprint density at radius 1 is 1.36 bits per heavy atom. The van der Waals surface area contributed by atoms with Gasteiger partial charge in [0.15, 0.2) is 0 Å². The molecule has 1 aliphatic heterocycles. The number of nitrogens with zero attached hydrogens (tertiary/aromatic N) is 4. The molecule has 0 saturated carbocycles. The molecule has 7 nitrogen and oxygen atoms in total. The fraction of sp³-hybridized carbons (Fsp3) is 0.333. The van der Waals surface area contributed by atoms with Crippen molar-refractivity contribution in [3.8, 4) is 6.07 Å². The van der Waals surface area contributed by atoms with Gasteiger partial charge in [0.1, 0.15) is 11.6 Å². The second-order valence-electron chi connectivity index (χ2n) is 6.05. The summed E-state index contributed by atoms with van der Waals surface area (Å²) in [6.45, 7) is 2.09. The van der Waals surface area contributed by atoms with Crippen molar-refractivity contribution in [1.29, 1.82) is 5.26 Å². The highest BCUT2D eigenvalue weighted by atomic mass is 16.6. The Hall–Kier alpha value is -2.98. The van der Waals surface area contributed by atoms with Crippen LogP contribution < -0.4 is 10.2 Å². The number of nitriles is 1. The van der Waals surface area contributed by atoms with Crippen molar-refractivity contribution in [2.24, 2.45) is 0 Å². The average molecular weight is 337 g/mol. The highest BCUT2D eigenvalue weighted by molar-refractivity contribution is 5.65. The van der Waals surface area contributed by atoms with Crippen LogP contribution in [0.2, 0.25) is 0 Å². The van der Waals surface area contributed by atoms with E-state index in [0.717, 1.165) is 19.4 Å². The molecular weight excluding hydrogens is 318 g/mol. The minimum atomic E-state index is -0.512. The standard InChI is InChI=1S/C18H19N5O2/c19-11-15-8-9-20-18(17(15)23(24)25)22-10-4-7-16(13-22)21-12-14-5-2-1-3-6-14/h1-3,5-6,8-9,16,21H,4,7,10,12-13H2/t16-/m0/s1. The molecule has 128 valence electrons. The van der Waals surface area contributed by atoms with Crippen LogP contribution in [-0.2, 0) is 6.54 Å². The average Bonchev–Trinajstić information content (AvgIpc) is 2.66. The van der Waals surface area contributed by atoms with Crippen molar-refractivity contribution in [2.45, 2.75) is 25.4 Å². The molecular formula is C18H19N5O2. The topological polar surface area (TPSA) is 95.1 Å². The first-order valence-electron chi connectivity index (χ1n) is 8.25. The molecule has 3 rings (SSSR count). The summed E-state index contributed by atoms with van der Waals surface area (Å²) in [7, 11) is 0. The molecule has 1 N–H and O–H groups in total. The zero-order valence-electron chi connectivity index (χ0n) is 13.8. The number of anilines is 1. The maximum atomic E-state index is 11.4. The van der Waals surface area contributed by atoms with Crippen molar-refractivity contribution < 1.29 is 4.92 Å². The first-order chi connectivity index (χ1) is 12.2. The van der Waals surface area contributed by atoms with E-state index in [1.54, 1.807) is 0 Å². The van der Waals surface area contributed by atoms with E-state index in [2.05, 4.69) is 22.4 Å². The van der Waals surface area contributed by atoms with Crippen LogP contribution in [0.15, 0.2) is 42.6 Å². The summed E-state index contributed by atoms with van der Waals surface area (Å²) >= 11 is 0. The number of benzene rings is 1. The van der Waals surface area contributed by atoms with Gasteiger partial charge in [-0.05, 0) is 24.5 Å². The third kappa shape index (κ3) is 3.92. The van der Waals surface area contributed by atoms with Gasteiger partial charge in [0.2, 0.25) is 5.82 Å². The molecule has 1 saturated heterocycles. The molecule has 0 unspecified atom stereocenters. The summed E-state index contributed by atoms with van der Waals surface area (Å²) in [5.74, 6) is 0.287. The molecule has 0 radical (unpaired) electrons. The van der Waals surface area contributed by atoms with Crippen molar-refractivity contribution in [2.75, 3.05) is 18.0 Å². The lowest BCUT2D eigenvalue weighted by Crippen LogP contribution is -2.46. The minimum Gasteiger partial charge on any atom is -0.349 e. The fourth-order valence-electron chi connectivity index (χ4n) is 3.14. The van der Waals surface area contributed by atoms with Crippen LogP contribution in [-0.4, -0.2) is 29.0 Å². The van der Waals surface area contributed by atoms with E-state index in [9.17, 15) is 10.1 Å². The van der Waals surface area contributed by atoms with Crippen LogP contribution in [0.5, 0.6) is 0 Å². The number of piperidine rings is 1. The lowest BCUT2D eigenvalue weighted by Gasteiger charge is -2.33. The van der Waals surface area contributed by atoms with Crippen LogP contribution in [0.1, 0.15) is 24.0 Å². The van der Waals surface area contributed by atoms with Gasteiger partial charge in [-0.25, -0.2) is 4.98 Å². The fourth-order valence-corrected chi connectivity index (χ4v) is 3.14. The van der Waals surface area contributed by atoms with Gasteiger partial charge in [-0.1, -0.05) is 30.3 Å². The Morgan fingerprint density at radius 2 is 2.16 bits per heavy atom. The zero-order chi connectivity index (χ0) is 17.6. The van der Waals surface area contributed by atoms with Gasteiger partial charge >= 0.3 is 5.69 Å². The van der Waals surface area contributed by atoms with Crippen LogP contribution in [0.3, 0.4) is 0 Å². The first kappa shape index (κ1) is 16.9. The largest absolute Gasteiger partial charge is 0.349 e. The van der Waals surface area contributed by atoms with Gasteiger partial charge in [-0.3, -0.25) is 10.1 Å². The second-order valence-corrected chi connectivity index (χ2v) is 6.05. The lowest BCUT2D eigenvalue weighted by molar-refractivity contribution is -0.384. The van der Waals surface area contributed by atoms with E-state index in [1.165, 1.54) is 17.8 Å². The number of pyridine rings is 1. The Bertz CT molecular complexity index is 788. The van der Waals surface area contributed by atoms with E-state index in [4.69, 9.17) is 5.26 Å². The Labute approximate surface area is 146 Å². The van der Waals surface area contributed by atoms with Crippen LogP contribution in [0, 0.1) is 21.4 Å². The predicted molar refractivity (Wildman–Crippen MR) is 94.1 cm³/mol. The van der Waals surface area contributed by atoms with E-state index < -0.39 is 4.92 Å². The maximum absolute atomic E-state index is 11.4. The molecule has 1 fully saturated rings. The molecule has 1 aromatic heterocycles. The number of nitro groups is 1. The highest BCUT2D eigenvalue weighted by Gasteiger charge is 2.29. The Balaban J connectivity index is 1.73. The molecule has 25 heavy (non-hydrogen) atoms. The SMILES string of the molecule is N#Cc1ccnc(N2CCC[C@H](NCc3ccccc3)C2)c1[N+](=O)[O-]. The van der Waals surface area contributed by atoms with E-state index >= 15 is 0 Å². The first-order valence-corrected chi connectivity index (χ1v) is 8.25. The van der Waals surface area contributed by atoms with E-state index in [-0.39, 0.29) is 23.1 Å². The van der Waals surface area contributed by atoms with Gasteiger partial charge in [-0.2, -0.15) is 5.26 Å². The highest BCUT2D eigenvalue weighted by Crippen LogP contribution is 2.30. The van der Waals surface area contributed by atoms with Crippen molar-refractivity contribution in [3.05, 3.63) is 63.8 Å². The molecule has 2 aromatic rings. The van der Waals surface area contributed by atoms with Gasteiger partial charge in [0.25, 0.3) is 0 Å². The summed E-state index contributed by atoms with van der Waals surface area (Å²) in [5, 5.41) is 24.1.